The molecule has 38 heavy (non-hydrogen) atoms. The van der Waals surface area contributed by atoms with Crippen molar-refractivity contribution in [2.75, 3.05) is 18.0 Å². The molecule has 186 valence electrons. The molecule has 0 fully saturated rings. The van der Waals surface area contributed by atoms with Crippen LogP contribution in [0.25, 0.3) is 21.5 Å². The summed E-state index contributed by atoms with van der Waals surface area (Å²) in [4.78, 5) is 43.5. The van der Waals surface area contributed by atoms with Crippen LogP contribution < -0.4 is 4.90 Å². The Hall–Kier alpha value is -4.29. The minimum absolute atomic E-state index is 0.139. The molecule has 0 saturated carbocycles. The molecule has 6 heteroatoms. The number of hydrogen-bond donors (Lipinski definition) is 0. The molecule has 5 aromatic rings. The summed E-state index contributed by atoms with van der Waals surface area (Å²) in [5.41, 5.74) is 2.43. The molecule has 1 heterocycles. The van der Waals surface area contributed by atoms with Gasteiger partial charge in [0.1, 0.15) is 0 Å². The van der Waals surface area contributed by atoms with Gasteiger partial charge in [-0.2, -0.15) is 0 Å². The standard InChI is InChI=1S/C32H23BrN2O3/c33-24-17-15-23(16-18-24)30(36)34(28-14-5-8-21-7-1-2-11-25(21)28)19-6-20-35-31(37)26-12-3-9-22-10-4-13-27(29(22)26)32(35)38/h1-5,7-18H,6,19-20H2. The van der Waals surface area contributed by atoms with Gasteiger partial charge in [0.15, 0.2) is 0 Å². The third-order valence-electron chi connectivity index (χ3n) is 7.01. The van der Waals surface area contributed by atoms with Crippen molar-refractivity contribution < 1.29 is 14.4 Å². The summed E-state index contributed by atoms with van der Waals surface area (Å²) in [7, 11) is 0. The van der Waals surface area contributed by atoms with E-state index < -0.39 is 0 Å². The molecular formula is C32H23BrN2O3. The normalized spacial score (nSPS) is 12.8. The first-order chi connectivity index (χ1) is 18.5. The average molecular weight is 563 g/mol. The van der Waals surface area contributed by atoms with E-state index >= 15 is 0 Å². The lowest BCUT2D eigenvalue weighted by Crippen LogP contribution is -2.42. The Morgan fingerprint density at radius 1 is 0.711 bits per heavy atom. The second-order valence-electron chi connectivity index (χ2n) is 9.29. The maximum absolute atomic E-state index is 13.8. The molecule has 0 unspecified atom stereocenters. The molecule has 0 bridgehead atoms. The number of carbonyl (C=O) groups excluding carboxylic acids is 3. The summed E-state index contributed by atoms with van der Waals surface area (Å²) in [5, 5.41) is 3.59. The number of halogens is 1. The van der Waals surface area contributed by atoms with Crippen LogP contribution in [0.3, 0.4) is 0 Å². The van der Waals surface area contributed by atoms with Gasteiger partial charge in [-0.15, -0.1) is 0 Å². The zero-order valence-electron chi connectivity index (χ0n) is 20.4. The van der Waals surface area contributed by atoms with Gasteiger partial charge in [0.2, 0.25) is 0 Å². The van der Waals surface area contributed by atoms with Crippen molar-refractivity contribution >= 4 is 60.9 Å². The predicted molar refractivity (Wildman–Crippen MR) is 154 cm³/mol. The van der Waals surface area contributed by atoms with Crippen LogP contribution in [0.4, 0.5) is 5.69 Å². The molecule has 1 aliphatic rings. The Bertz CT molecular complexity index is 1670. The van der Waals surface area contributed by atoms with E-state index in [-0.39, 0.29) is 24.3 Å². The zero-order chi connectivity index (χ0) is 26.2. The van der Waals surface area contributed by atoms with Gasteiger partial charge < -0.3 is 4.90 Å². The van der Waals surface area contributed by atoms with E-state index in [2.05, 4.69) is 15.9 Å². The van der Waals surface area contributed by atoms with E-state index in [1.807, 2.05) is 78.9 Å². The third kappa shape index (κ3) is 4.17. The number of benzene rings is 5. The number of amides is 3. The van der Waals surface area contributed by atoms with Crippen molar-refractivity contribution in [1.29, 1.82) is 0 Å². The summed E-state index contributed by atoms with van der Waals surface area (Å²) < 4.78 is 0.892. The van der Waals surface area contributed by atoms with Crippen LogP contribution >= 0.6 is 15.9 Å². The zero-order valence-corrected chi connectivity index (χ0v) is 22.0. The van der Waals surface area contributed by atoms with Crippen molar-refractivity contribution in [3.8, 4) is 0 Å². The van der Waals surface area contributed by atoms with Crippen molar-refractivity contribution in [1.82, 2.24) is 4.90 Å². The number of rotatable bonds is 6. The van der Waals surface area contributed by atoms with Gasteiger partial charge in [-0.1, -0.05) is 76.6 Å². The fraction of sp³-hybridized carbons (Fsp3) is 0.0938. The quantitative estimate of drug-likeness (QED) is 0.207. The fourth-order valence-electron chi connectivity index (χ4n) is 5.19. The van der Waals surface area contributed by atoms with E-state index in [9.17, 15) is 14.4 Å². The summed E-state index contributed by atoms with van der Waals surface area (Å²) in [5.74, 6) is -0.731. The van der Waals surface area contributed by atoms with Gasteiger partial charge in [-0.3, -0.25) is 19.3 Å². The minimum atomic E-state index is -0.296. The van der Waals surface area contributed by atoms with Crippen LogP contribution in [0.1, 0.15) is 37.5 Å². The lowest BCUT2D eigenvalue weighted by atomic mass is 9.94. The van der Waals surface area contributed by atoms with Gasteiger partial charge >= 0.3 is 0 Å². The second kappa shape index (κ2) is 9.88. The Balaban J connectivity index is 1.30. The fourth-order valence-corrected chi connectivity index (χ4v) is 5.46. The molecule has 3 amide bonds. The van der Waals surface area contributed by atoms with Crippen LogP contribution in [-0.2, 0) is 0 Å². The van der Waals surface area contributed by atoms with Crippen LogP contribution in [0.5, 0.6) is 0 Å². The Morgan fingerprint density at radius 3 is 2.03 bits per heavy atom. The first kappa shape index (κ1) is 24.1. The maximum Gasteiger partial charge on any atom is 0.261 e. The first-order valence-corrected chi connectivity index (χ1v) is 13.3. The highest BCUT2D eigenvalue weighted by Crippen LogP contribution is 2.31. The molecule has 0 aliphatic carbocycles. The summed E-state index contributed by atoms with van der Waals surface area (Å²) >= 11 is 3.43. The molecule has 0 radical (unpaired) electrons. The molecule has 6 rings (SSSR count). The minimum Gasteiger partial charge on any atom is -0.308 e. The molecule has 0 aromatic heterocycles. The van der Waals surface area contributed by atoms with Gasteiger partial charge in [0.05, 0.1) is 5.69 Å². The second-order valence-corrected chi connectivity index (χ2v) is 10.2. The molecule has 5 aromatic carbocycles. The number of nitrogens with zero attached hydrogens (tertiary/aromatic N) is 2. The monoisotopic (exact) mass is 562 g/mol. The van der Waals surface area contributed by atoms with Gasteiger partial charge in [0, 0.05) is 45.0 Å². The first-order valence-electron chi connectivity index (χ1n) is 12.5. The number of carbonyl (C=O) groups is 3. The van der Waals surface area contributed by atoms with Crippen molar-refractivity contribution in [3.05, 3.63) is 124 Å². The molecule has 0 saturated heterocycles. The number of imide groups is 1. The largest absolute Gasteiger partial charge is 0.308 e. The van der Waals surface area contributed by atoms with E-state index in [0.717, 1.165) is 26.3 Å². The van der Waals surface area contributed by atoms with Crippen LogP contribution in [0, 0.1) is 0 Å². The Kier molecular flexibility index (Phi) is 6.26. The Labute approximate surface area is 228 Å². The maximum atomic E-state index is 13.8. The van der Waals surface area contributed by atoms with Crippen molar-refractivity contribution in [2.45, 2.75) is 6.42 Å². The van der Waals surface area contributed by atoms with E-state index in [4.69, 9.17) is 0 Å². The van der Waals surface area contributed by atoms with E-state index in [1.54, 1.807) is 29.2 Å². The molecule has 0 spiro atoms. The molecule has 0 N–H and O–H groups in total. The van der Waals surface area contributed by atoms with Gasteiger partial charge in [0.25, 0.3) is 17.7 Å². The van der Waals surface area contributed by atoms with Crippen molar-refractivity contribution in [3.63, 3.8) is 0 Å². The smallest absolute Gasteiger partial charge is 0.261 e. The van der Waals surface area contributed by atoms with Crippen LogP contribution in [0.15, 0.2) is 108 Å². The molecular weight excluding hydrogens is 540 g/mol. The van der Waals surface area contributed by atoms with Crippen LogP contribution in [-0.4, -0.2) is 35.7 Å². The molecule has 5 nitrogen and oxygen atoms in total. The van der Waals surface area contributed by atoms with Gasteiger partial charge in [-0.05, 0) is 59.7 Å². The van der Waals surface area contributed by atoms with Crippen LogP contribution in [0.2, 0.25) is 0 Å². The summed E-state index contributed by atoms with van der Waals surface area (Å²) in [6, 6.07) is 32.2. The predicted octanol–water partition coefficient (Wildman–Crippen LogP) is 7.09. The SMILES string of the molecule is O=C1c2cccc3cccc(c23)C(=O)N1CCCN(C(=O)c1ccc(Br)cc1)c1cccc2ccccc12. The van der Waals surface area contributed by atoms with E-state index in [0.29, 0.717) is 35.0 Å². The average Bonchev–Trinajstić information content (AvgIpc) is 2.95. The number of anilines is 1. The third-order valence-corrected chi connectivity index (χ3v) is 7.54. The summed E-state index contributed by atoms with van der Waals surface area (Å²) in [6.45, 7) is 0.545. The Morgan fingerprint density at radius 2 is 1.32 bits per heavy atom. The van der Waals surface area contributed by atoms with Gasteiger partial charge in [-0.25, -0.2) is 0 Å². The summed E-state index contributed by atoms with van der Waals surface area (Å²) in [6.07, 6.45) is 0.432. The molecule has 1 aliphatic heterocycles. The highest BCUT2D eigenvalue weighted by Gasteiger charge is 2.32. The van der Waals surface area contributed by atoms with Crippen molar-refractivity contribution in [2.24, 2.45) is 0 Å². The highest BCUT2D eigenvalue weighted by molar-refractivity contribution is 9.10. The highest BCUT2D eigenvalue weighted by atomic mass is 79.9. The number of hydrogen-bond acceptors (Lipinski definition) is 3. The number of fused-ring (bicyclic) bond motifs is 1. The lowest BCUT2D eigenvalue weighted by molar-refractivity contribution is 0.0610. The van der Waals surface area contributed by atoms with E-state index in [1.165, 1.54) is 4.90 Å². The lowest BCUT2D eigenvalue weighted by Gasteiger charge is -2.29. The topological polar surface area (TPSA) is 57.7 Å². The molecule has 0 atom stereocenters.